The van der Waals surface area contributed by atoms with Crippen LogP contribution in [0.15, 0.2) is 41.7 Å². The lowest BCUT2D eigenvalue weighted by atomic mass is 10.1. The van der Waals surface area contributed by atoms with Crippen molar-refractivity contribution in [2.45, 2.75) is 45.4 Å². The summed E-state index contributed by atoms with van der Waals surface area (Å²) in [6.07, 6.45) is 9.37. The van der Waals surface area contributed by atoms with Gasteiger partial charge in [0, 0.05) is 32.0 Å². The van der Waals surface area contributed by atoms with Crippen LogP contribution in [0, 0.1) is 0 Å². The number of pyridine rings is 1. The molecule has 4 rings (SSSR count). The molecule has 2 aromatic heterocycles. The molecule has 7 nitrogen and oxygen atoms in total. The van der Waals surface area contributed by atoms with Gasteiger partial charge in [-0.3, -0.25) is 0 Å². The quantitative estimate of drug-likeness (QED) is 0.777. The van der Waals surface area contributed by atoms with E-state index in [0.29, 0.717) is 18.5 Å². The molecular formula is C21H27N5O2. The number of ether oxygens (including phenoxy) is 2. The van der Waals surface area contributed by atoms with E-state index >= 15 is 0 Å². The van der Waals surface area contributed by atoms with Gasteiger partial charge in [-0.05, 0) is 32.3 Å². The molecule has 0 spiro atoms. The van der Waals surface area contributed by atoms with E-state index in [4.69, 9.17) is 9.47 Å². The molecule has 0 aliphatic carbocycles. The average Bonchev–Trinajstić information content (AvgIpc) is 3.36. The van der Waals surface area contributed by atoms with Crippen LogP contribution < -0.4 is 5.32 Å². The number of rotatable bonds is 6. The van der Waals surface area contributed by atoms with Crippen LogP contribution in [0.1, 0.15) is 32.3 Å². The van der Waals surface area contributed by atoms with E-state index < -0.39 is 0 Å². The van der Waals surface area contributed by atoms with Crippen molar-refractivity contribution in [1.82, 2.24) is 14.8 Å². The van der Waals surface area contributed by atoms with Crippen LogP contribution in [0.4, 0.5) is 5.69 Å². The van der Waals surface area contributed by atoms with E-state index in [9.17, 15) is 0 Å². The summed E-state index contributed by atoms with van der Waals surface area (Å²) in [5.74, 6) is 0.634. The van der Waals surface area contributed by atoms with Crippen molar-refractivity contribution >= 4 is 22.6 Å². The molecule has 1 N–H and O–H groups in total. The zero-order chi connectivity index (χ0) is 19.5. The van der Waals surface area contributed by atoms with Gasteiger partial charge in [0.2, 0.25) is 5.90 Å². The molecule has 0 saturated carbocycles. The van der Waals surface area contributed by atoms with Gasteiger partial charge in [-0.15, -0.1) is 0 Å². The van der Waals surface area contributed by atoms with E-state index in [1.807, 2.05) is 30.1 Å². The average molecular weight is 381 g/mol. The van der Waals surface area contributed by atoms with Gasteiger partial charge in [0.25, 0.3) is 0 Å². The number of nitrogens with one attached hydrogen (secondary N) is 1. The Morgan fingerprint density at radius 1 is 1.36 bits per heavy atom. The van der Waals surface area contributed by atoms with E-state index in [0.717, 1.165) is 60.5 Å². The maximum Gasteiger partial charge on any atom is 0.220 e. The molecule has 0 aromatic carbocycles. The van der Waals surface area contributed by atoms with Crippen molar-refractivity contribution in [2.75, 3.05) is 25.1 Å². The highest BCUT2D eigenvalue weighted by Crippen LogP contribution is 2.31. The largest absolute Gasteiger partial charge is 0.468 e. The van der Waals surface area contributed by atoms with Gasteiger partial charge in [-0.1, -0.05) is 18.7 Å². The fourth-order valence-electron chi connectivity index (χ4n) is 3.68. The molecule has 0 amide bonds. The van der Waals surface area contributed by atoms with Gasteiger partial charge in [-0.2, -0.15) is 5.10 Å². The van der Waals surface area contributed by atoms with Gasteiger partial charge >= 0.3 is 0 Å². The molecule has 2 aromatic rings. The van der Waals surface area contributed by atoms with E-state index in [1.165, 1.54) is 0 Å². The minimum absolute atomic E-state index is 0.0574. The summed E-state index contributed by atoms with van der Waals surface area (Å²) in [5, 5.41) is 9.20. The third kappa shape index (κ3) is 3.54. The van der Waals surface area contributed by atoms with Gasteiger partial charge < -0.3 is 14.8 Å². The summed E-state index contributed by atoms with van der Waals surface area (Å²) < 4.78 is 13.6. The smallest absolute Gasteiger partial charge is 0.220 e. The van der Waals surface area contributed by atoms with Crippen molar-refractivity contribution in [3.63, 3.8) is 0 Å². The number of fused-ring (bicyclic) bond motifs is 1. The van der Waals surface area contributed by atoms with Crippen molar-refractivity contribution in [2.24, 2.45) is 4.99 Å². The summed E-state index contributed by atoms with van der Waals surface area (Å²) in [6.45, 7) is 10.8. The highest BCUT2D eigenvalue weighted by molar-refractivity contribution is 6.07. The molecule has 0 bridgehead atoms. The predicted molar refractivity (Wildman–Crippen MR) is 111 cm³/mol. The van der Waals surface area contributed by atoms with Gasteiger partial charge in [-0.25, -0.2) is 14.7 Å². The minimum Gasteiger partial charge on any atom is -0.468 e. The second-order valence-electron chi connectivity index (χ2n) is 7.17. The van der Waals surface area contributed by atoms with Crippen LogP contribution in [-0.2, 0) is 16.0 Å². The molecule has 1 fully saturated rings. The Morgan fingerprint density at radius 3 is 2.93 bits per heavy atom. The third-order valence-electron chi connectivity index (χ3n) is 5.31. The van der Waals surface area contributed by atoms with Gasteiger partial charge in [0.15, 0.2) is 5.65 Å². The number of hydrogen-bond acceptors (Lipinski definition) is 6. The summed E-state index contributed by atoms with van der Waals surface area (Å²) >= 11 is 0. The number of allylic oxidation sites excluding steroid dienone is 2. The first-order valence-corrected chi connectivity index (χ1v) is 9.90. The molecule has 28 heavy (non-hydrogen) atoms. The van der Waals surface area contributed by atoms with Crippen molar-refractivity contribution < 1.29 is 9.47 Å². The monoisotopic (exact) mass is 381 g/mol. The summed E-state index contributed by atoms with van der Waals surface area (Å²) in [6, 6.07) is 0.350. The van der Waals surface area contributed by atoms with Crippen LogP contribution >= 0.6 is 0 Å². The van der Waals surface area contributed by atoms with E-state index in [2.05, 4.69) is 33.9 Å². The summed E-state index contributed by atoms with van der Waals surface area (Å²) in [4.78, 5) is 9.33. The van der Waals surface area contributed by atoms with Crippen LogP contribution in [0.2, 0.25) is 0 Å². The maximum absolute atomic E-state index is 6.18. The van der Waals surface area contributed by atoms with Crippen molar-refractivity contribution in [3.05, 3.63) is 42.3 Å². The van der Waals surface area contributed by atoms with Crippen molar-refractivity contribution in [1.29, 1.82) is 0 Å². The standard InChI is InChI=1S/C21H27N5O2/c1-4-6-14(3)18-13-23-21(28-18)17-11-22-20-16(12-24-26(20)5-2)19(17)25-15-7-9-27-10-8-15/h4,6,11-12,15,18H,1,5,7-10,13H2,2-3H3,(H,22,25)/b14-6+. The summed E-state index contributed by atoms with van der Waals surface area (Å²) in [5.41, 5.74) is 3.88. The highest BCUT2D eigenvalue weighted by atomic mass is 16.5. The Kier molecular flexibility index (Phi) is 5.43. The first-order valence-electron chi connectivity index (χ1n) is 9.90. The van der Waals surface area contributed by atoms with Gasteiger partial charge in [0.05, 0.1) is 29.4 Å². The Balaban J connectivity index is 1.70. The fourth-order valence-corrected chi connectivity index (χ4v) is 3.68. The Bertz CT molecular complexity index is 924. The van der Waals surface area contributed by atoms with E-state index in [1.54, 1.807) is 6.08 Å². The lowest BCUT2D eigenvalue weighted by Crippen LogP contribution is -2.29. The number of aromatic nitrogens is 3. The number of hydrogen-bond donors (Lipinski definition) is 1. The SMILES string of the molecule is C=C/C=C(\C)C1CN=C(c2cnc3c(cnn3CC)c2NC2CCOCC2)O1. The maximum atomic E-state index is 6.18. The Labute approximate surface area is 165 Å². The third-order valence-corrected chi connectivity index (χ3v) is 5.31. The zero-order valence-electron chi connectivity index (χ0n) is 16.5. The minimum atomic E-state index is -0.0574. The number of nitrogens with zero attached hydrogens (tertiary/aromatic N) is 4. The molecule has 1 atom stereocenters. The van der Waals surface area contributed by atoms with E-state index in [-0.39, 0.29) is 6.10 Å². The molecule has 1 saturated heterocycles. The molecule has 148 valence electrons. The second kappa shape index (κ2) is 8.14. The molecule has 1 unspecified atom stereocenters. The number of aryl methyl sites for hydroxylation is 1. The summed E-state index contributed by atoms with van der Waals surface area (Å²) in [7, 11) is 0. The molecule has 2 aliphatic rings. The van der Waals surface area contributed by atoms with Crippen LogP contribution in [-0.4, -0.2) is 52.6 Å². The first kappa shape index (κ1) is 18.7. The number of aliphatic imine (C=N–C) groups is 1. The second-order valence-corrected chi connectivity index (χ2v) is 7.17. The topological polar surface area (TPSA) is 73.6 Å². The molecule has 2 aliphatic heterocycles. The van der Waals surface area contributed by atoms with Crippen LogP contribution in [0.25, 0.3) is 11.0 Å². The lowest BCUT2D eigenvalue weighted by molar-refractivity contribution is 0.0905. The molecule has 0 radical (unpaired) electrons. The number of anilines is 1. The normalized spacial score (nSPS) is 20.9. The predicted octanol–water partition coefficient (Wildman–Crippen LogP) is 3.32. The molecule has 7 heteroatoms. The molecule has 4 heterocycles. The fraction of sp³-hybridized carbons (Fsp3) is 0.476. The Hall–Kier alpha value is -2.67. The van der Waals surface area contributed by atoms with Gasteiger partial charge in [0.1, 0.15) is 6.10 Å². The van der Waals surface area contributed by atoms with Crippen molar-refractivity contribution in [3.8, 4) is 0 Å². The zero-order valence-corrected chi connectivity index (χ0v) is 16.5. The Morgan fingerprint density at radius 2 is 2.18 bits per heavy atom. The van der Waals surface area contributed by atoms with Crippen LogP contribution in [0.5, 0.6) is 0 Å². The highest BCUT2D eigenvalue weighted by Gasteiger charge is 2.27. The lowest BCUT2D eigenvalue weighted by Gasteiger charge is -2.25. The van der Waals surface area contributed by atoms with Crippen LogP contribution in [0.3, 0.4) is 0 Å². The molecular weight excluding hydrogens is 354 g/mol. The first-order chi connectivity index (χ1) is 13.7.